The first-order valence-electron chi connectivity index (χ1n) is 9.85. The number of ether oxygens (including phenoxy) is 3. The van der Waals surface area contributed by atoms with Crippen molar-refractivity contribution in [2.45, 2.75) is 31.1 Å². The summed E-state index contributed by atoms with van der Waals surface area (Å²) < 4.78 is 44.2. The molecule has 30 heavy (non-hydrogen) atoms. The SMILES string of the molecule is COc1cc(C=Nc2ccc(C)cc2S(=O)(=O)N2CCCCC2)cc(OC)c1OC. The Morgan fingerprint density at radius 2 is 1.57 bits per heavy atom. The molecule has 1 aliphatic heterocycles. The van der Waals surface area contributed by atoms with Crippen molar-refractivity contribution in [2.75, 3.05) is 34.4 Å². The third-order valence-electron chi connectivity index (χ3n) is 5.09. The summed E-state index contributed by atoms with van der Waals surface area (Å²) in [5, 5.41) is 0. The maximum atomic E-state index is 13.3. The molecule has 1 aliphatic rings. The fourth-order valence-electron chi connectivity index (χ4n) is 3.50. The van der Waals surface area contributed by atoms with Crippen LogP contribution in [-0.2, 0) is 10.0 Å². The standard InChI is InChI=1S/C22H28N2O5S/c1-16-8-9-18(21(12-16)30(25,26)24-10-6-5-7-11-24)23-15-17-13-19(27-2)22(29-4)20(14-17)28-3/h8-9,12-15H,5-7,10-11H2,1-4H3. The maximum absolute atomic E-state index is 13.3. The molecule has 0 atom stereocenters. The van der Waals surface area contributed by atoms with E-state index in [-0.39, 0.29) is 4.90 Å². The lowest BCUT2D eigenvalue weighted by atomic mass is 10.2. The Hall–Kier alpha value is -2.58. The van der Waals surface area contributed by atoms with E-state index in [9.17, 15) is 8.42 Å². The lowest BCUT2D eigenvalue weighted by molar-refractivity contribution is 0.324. The molecule has 8 heteroatoms. The molecule has 2 aromatic carbocycles. The summed E-state index contributed by atoms with van der Waals surface area (Å²) in [5.74, 6) is 1.49. The van der Waals surface area contributed by atoms with E-state index in [4.69, 9.17) is 14.2 Å². The van der Waals surface area contributed by atoms with E-state index in [0.717, 1.165) is 24.8 Å². The number of nitrogens with zero attached hydrogens (tertiary/aromatic N) is 2. The molecule has 3 rings (SSSR count). The zero-order valence-electron chi connectivity index (χ0n) is 17.8. The van der Waals surface area contributed by atoms with Crippen LogP contribution in [0, 0.1) is 6.92 Å². The molecule has 162 valence electrons. The van der Waals surface area contributed by atoms with Crippen LogP contribution in [0.4, 0.5) is 5.69 Å². The van der Waals surface area contributed by atoms with Gasteiger partial charge in [-0.3, -0.25) is 4.99 Å². The number of methoxy groups -OCH3 is 3. The smallest absolute Gasteiger partial charge is 0.245 e. The van der Waals surface area contributed by atoms with Gasteiger partial charge in [-0.1, -0.05) is 12.5 Å². The third kappa shape index (κ3) is 4.60. The number of piperidine rings is 1. The van der Waals surface area contributed by atoms with Gasteiger partial charge >= 0.3 is 0 Å². The molecule has 0 aromatic heterocycles. The number of aliphatic imine (C=N–C) groups is 1. The van der Waals surface area contributed by atoms with Gasteiger partial charge in [-0.25, -0.2) is 8.42 Å². The second kappa shape index (κ2) is 9.49. The number of rotatable bonds is 7. The van der Waals surface area contributed by atoms with Crippen molar-refractivity contribution in [2.24, 2.45) is 4.99 Å². The average molecular weight is 433 g/mol. The summed E-state index contributed by atoms with van der Waals surface area (Å²) in [6.45, 7) is 2.97. The summed E-state index contributed by atoms with van der Waals surface area (Å²) in [5.41, 5.74) is 1.98. The van der Waals surface area contributed by atoms with Gasteiger partial charge in [0.2, 0.25) is 15.8 Å². The second-order valence-corrected chi connectivity index (χ2v) is 9.06. The Balaban J connectivity index is 2.01. The van der Waals surface area contributed by atoms with E-state index in [1.54, 1.807) is 49.0 Å². The maximum Gasteiger partial charge on any atom is 0.245 e. The zero-order valence-corrected chi connectivity index (χ0v) is 18.7. The molecule has 0 amide bonds. The molecule has 0 radical (unpaired) electrons. The van der Waals surface area contributed by atoms with Gasteiger partial charge in [0.25, 0.3) is 0 Å². The highest BCUT2D eigenvalue weighted by molar-refractivity contribution is 7.89. The molecular formula is C22H28N2O5S. The monoisotopic (exact) mass is 432 g/mol. The van der Waals surface area contributed by atoms with E-state index >= 15 is 0 Å². The van der Waals surface area contributed by atoms with Gasteiger partial charge in [0.1, 0.15) is 4.90 Å². The zero-order chi connectivity index (χ0) is 21.7. The molecule has 0 bridgehead atoms. The summed E-state index contributed by atoms with van der Waals surface area (Å²) >= 11 is 0. The third-order valence-corrected chi connectivity index (χ3v) is 7.02. The predicted molar refractivity (Wildman–Crippen MR) is 117 cm³/mol. The molecule has 2 aromatic rings. The minimum Gasteiger partial charge on any atom is -0.493 e. The highest BCUT2D eigenvalue weighted by Gasteiger charge is 2.28. The van der Waals surface area contributed by atoms with E-state index in [0.29, 0.717) is 41.6 Å². The van der Waals surface area contributed by atoms with Gasteiger partial charge in [-0.05, 0) is 49.6 Å². The summed E-state index contributed by atoms with van der Waals surface area (Å²) in [6.07, 6.45) is 4.43. The Morgan fingerprint density at radius 3 is 2.13 bits per heavy atom. The Bertz CT molecular complexity index is 1000. The van der Waals surface area contributed by atoms with Crippen molar-refractivity contribution >= 4 is 21.9 Å². The minimum atomic E-state index is -3.61. The predicted octanol–water partition coefficient (Wildman–Crippen LogP) is 3.95. The number of aryl methyl sites for hydroxylation is 1. The van der Waals surface area contributed by atoms with Crippen LogP contribution in [0.2, 0.25) is 0 Å². The highest BCUT2D eigenvalue weighted by Crippen LogP contribution is 2.38. The van der Waals surface area contributed by atoms with Crippen molar-refractivity contribution in [3.63, 3.8) is 0 Å². The lowest BCUT2D eigenvalue weighted by Gasteiger charge is -2.26. The number of benzene rings is 2. The minimum absolute atomic E-state index is 0.230. The normalized spacial score (nSPS) is 15.3. The van der Waals surface area contributed by atoms with Crippen LogP contribution in [0.3, 0.4) is 0 Å². The molecule has 0 spiro atoms. The van der Waals surface area contributed by atoms with E-state index in [1.165, 1.54) is 7.11 Å². The van der Waals surface area contributed by atoms with Gasteiger partial charge in [-0.2, -0.15) is 4.31 Å². The van der Waals surface area contributed by atoms with Crippen LogP contribution in [0.25, 0.3) is 0 Å². The Labute approximate surface area is 178 Å². The van der Waals surface area contributed by atoms with Gasteiger partial charge in [-0.15, -0.1) is 0 Å². The number of hydrogen-bond donors (Lipinski definition) is 0. The first-order chi connectivity index (χ1) is 14.4. The topological polar surface area (TPSA) is 77.4 Å². The first kappa shape index (κ1) is 22.1. The molecule has 0 unspecified atom stereocenters. The Kier molecular flexibility index (Phi) is 6.99. The van der Waals surface area contributed by atoms with Crippen LogP contribution < -0.4 is 14.2 Å². The van der Waals surface area contributed by atoms with Crippen LogP contribution in [0.5, 0.6) is 17.2 Å². The summed E-state index contributed by atoms with van der Waals surface area (Å²) in [4.78, 5) is 4.73. The highest BCUT2D eigenvalue weighted by atomic mass is 32.2. The van der Waals surface area contributed by atoms with Gasteiger partial charge in [0, 0.05) is 24.9 Å². The number of hydrogen-bond acceptors (Lipinski definition) is 6. The molecule has 0 N–H and O–H groups in total. The Morgan fingerprint density at radius 1 is 0.933 bits per heavy atom. The molecule has 1 fully saturated rings. The molecular weight excluding hydrogens is 404 g/mol. The van der Waals surface area contributed by atoms with Crippen molar-refractivity contribution in [1.82, 2.24) is 4.31 Å². The molecule has 0 saturated carbocycles. The van der Waals surface area contributed by atoms with Crippen LogP contribution >= 0.6 is 0 Å². The van der Waals surface area contributed by atoms with Crippen molar-refractivity contribution < 1.29 is 22.6 Å². The average Bonchev–Trinajstić information content (AvgIpc) is 2.77. The summed E-state index contributed by atoms with van der Waals surface area (Å²) in [6, 6.07) is 8.80. The lowest BCUT2D eigenvalue weighted by Crippen LogP contribution is -2.35. The van der Waals surface area contributed by atoms with Crippen molar-refractivity contribution in [1.29, 1.82) is 0 Å². The molecule has 1 heterocycles. The van der Waals surface area contributed by atoms with Gasteiger partial charge in [0.05, 0.1) is 27.0 Å². The van der Waals surface area contributed by atoms with E-state index in [2.05, 4.69) is 4.99 Å². The second-order valence-electron chi connectivity index (χ2n) is 7.15. The van der Waals surface area contributed by atoms with E-state index < -0.39 is 10.0 Å². The van der Waals surface area contributed by atoms with E-state index in [1.807, 2.05) is 13.0 Å². The van der Waals surface area contributed by atoms with Crippen LogP contribution in [0.15, 0.2) is 40.2 Å². The fraction of sp³-hybridized carbons (Fsp3) is 0.409. The van der Waals surface area contributed by atoms with Gasteiger partial charge in [0.15, 0.2) is 11.5 Å². The largest absolute Gasteiger partial charge is 0.493 e. The summed E-state index contributed by atoms with van der Waals surface area (Å²) in [7, 11) is 1.02. The van der Waals surface area contributed by atoms with Gasteiger partial charge < -0.3 is 14.2 Å². The van der Waals surface area contributed by atoms with Crippen LogP contribution in [-0.4, -0.2) is 53.4 Å². The molecule has 0 aliphatic carbocycles. The first-order valence-corrected chi connectivity index (χ1v) is 11.3. The number of sulfonamides is 1. The fourth-order valence-corrected chi connectivity index (χ4v) is 5.24. The van der Waals surface area contributed by atoms with Crippen molar-refractivity contribution in [3.8, 4) is 17.2 Å². The molecule has 1 saturated heterocycles. The van der Waals surface area contributed by atoms with Crippen LogP contribution in [0.1, 0.15) is 30.4 Å². The molecule has 7 nitrogen and oxygen atoms in total. The van der Waals surface area contributed by atoms with Crippen molar-refractivity contribution in [3.05, 3.63) is 41.5 Å². The quantitative estimate of drug-likeness (QED) is 0.619.